The molecule has 124 valence electrons. The van der Waals surface area contributed by atoms with Crippen molar-refractivity contribution < 1.29 is 17.9 Å². The molecule has 0 spiro atoms. The lowest BCUT2D eigenvalue weighted by molar-refractivity contribution is -0.121. The lowest BCUT2D eigenvalue weighted by Crippen LogP contribution is -2.40. The van der Waals surface area contributed by atoms with Crippen LogP contribution in [0.5, 0.6) is 0 Å². The van der Waals surface area contributed by atoms with Crippen LogP contribution in [0.1, 0.15) is 19.3 Å². The molecular weight excluding hydrogens is 294 g/mol. The van der Waals surface area contributed by atoms with E-state index in [4.69, 9.17) is 4.74 Å². The van der Waals surface area contributed by atoms with Gasteiger partial charge in [0.25, 0.3) is 0 Å². The van der Waals surface area contributed by atoms with Crippen molar-refractivity contribution >= 4 is 15.9 Å². The number of sulfonamides is 1. The molecule has 1 saturated heterocycles. The third-order valence-electron chi connectivity index (χ3n) is 3.71. The average molecular weight is 321 g/mol. The van der Waals surface area contributed by atoms with Crippen molar-refractivity contribution in [2.24, 2.45) is 5.92 Å². The van der Waals surface area contributed by atoms with E-state index in [-0.39, 0.29) is 18.2 Å². The van der Waals surface area contributed by atoms with E-state index < -0.39 is 10.0 Å². The second-order valence-electron chi connectivity index (χ2n) is 5.40. The first-order valence-electron chi connectivity index (χ1n) is 7.36. The fourth-order valence-corrected chi connectivity index (χ4v) is 3.55. The summed E-state index contributed by atoms with van der Waals surface area (Å²) in [6, 6.07) is 0. The Morgan fingerprint density at radius 2 is 2.05 bits per heavy atom. The minimum absolute atomic E-state index is 0.111. The molecule has 8 heteroatoms. The number of nitrogens with zero attached hydrogens (tertiary/aromatic N) is 1. The van der Waals surface area contributed by atoms with Gasteiger partial charge in [-0.2, -0.15) is 4.31 Å². The van der Waals surface area contributed by atoms with Gasteiger partial charge in [0.2, 0.25) is 15.9 Å². The number of nitrogens with one attached hydrogen (secondary N) is 2. The summed E-state index contributed by atoms with van der Waals surface area (Å²) < 4.78 is 30.2. The lowest BCUT2D eigenvalue weighted by Gasteiger charge is -2.23. The van der Waals surface area contributed by atoms with Crippen molar-refractivity contribution in [3.8, 4) is 0 Å². The maximum absolute atomic E-state index is 12.1. The molecule has 0 bridgehead atoms. The van der Waals surface area contributed by atoms with Gasteiger partial charge in [-0.15, -0.1) is 0 Å². The van der Waals surface area contributed by atoms with Crippen LogP contribution in [-0.2, 0) is 19.6 Å². The number of carbonyl (C=O) groups excluding carboxylic acids is 1. The van der Waals surface area contributed by atoms with Gasteiger partial charge in [-0.25, -0.2) is 8.42 Å². The van der Waals surface area contributed by atoms with E-state index in [0.29, 0.717) is 25.5 Å². The zero-order chi connectivity index (χ0) is 15.7. The highest BCUT2D eigenvalue weighted by molar-refractivity contribution is 7.89. The molecule has 2 N–H and O–H groups in total. The predicted octanol–water partition coefficient (Wildman–Crippen LogP) is -0.600. The van der Waals surface area contributed by atoms with Crippen molar-refractivity contribution in [3.05, 3.63) is 0 Å². The highest BCUT2D eigenvalue weighted by atomic mass is 32.2. The van der Waals surface area contributed by atoms with E-state index in [1.54, 1.807) is 7.11 Å². The van der Waals surface area contributed by atoms with E-state index in [1.807, 2.05) is 0 Å². The zero-order valence-corrected chi connectivity index (χ0v) is 13.7. The Morgan fingerprint density at radius 3 is 2.67 bits per heavy atom. The van der Waals surface area contributed by atoms with Crippen LogP contribution in [0.2, 0.25) is 0 Å². The number of hydrogen-bond acceptors (Lipinski definition) is 5. The predicted molar refractivity (Wildman–Crippen MR) is 81.5 cm³/mol. The highest BCUT2D eigenvalue weighted by Gasteiger charge is 2.23. The van der Waals surface area contributed by atoms with Gasteiger partial charge in [0.15, 0.2) is 0 Å². The van der Waals surface area contributed by atoms with Gasteiger partial charge < -0.3 is 15.4 Å². The fraction of sp³-hybridized carbons (Fsp3) is 0.923. The summed E-state index contributed by atoms with van der Waals surface area (Å²) in [6.45, 7) is 2.58. The smallest absolute Gasteiger partial charge is 0.235 e. The minimum Gasteiger partial charge on any atom is -0.383 e. The number of rotatable bonds is 9. The van der Waals surface area contributed by atoms with Gasteiger partial charge in [0, 0.05) is 20.7 Å². The Balaban J connectivity index is 2.32. The minimum atomic E-state index is -3.36. The van der Waals surface area contributed by atoms with E-state index in [2.05, 4.69) is 10.6 Å². The molecule has 1 rings (SSSR count). The maximum Gasteiger partial charge on any atom is 0.235 e. The first kappa shape index (κ1) is 18.3. The third-order valence-corrected chi connectivity index (χ3v) is 5.54. The Bertz CT molecular complexity index is 408. The summed E-state index contributed by atoms with van der Waals surface area (Å²) in [7, 11) is -0.367. The van der Waals surface area contributed by atoms with E-state index in [9.17, 15) is 13.2 Å². The van der Waals surface area contributed by atoms with Crippen LogP contribution in [0.3, 0.4) is 0 Å². The van der Waals surface area contributed by atoms with Crippen molar-refractivity contribution in [3.63, 3.8) is 0 Å². The molecule has 0 aromatic heterocycles. The van der Waals surface area contributed by atoms with Crippen molar-refractivity contribution in [2.45, 2.75) is 19.3 Å². The molecule has 1 amide bonds. The Morgan fingerprint density at radius 1 is 1.38 bits per heavy atom. The summed E-state index contributed by atoms with van der Waals surface area (Å²) in [5.74, 6) is 0.268. The molecule has 0 saturated carbocycles. The second-order valence-corrected chi connectivity index (χ2v) is 7.59. The summed E-state index contributed by atoms with van der Waals surface area (Å²) in [5.41, 5.74) is 0. The summed E-state index contributed by atoms with van der Waals surface area (Å²) in [4.78, 5) is 11.6. The quantitative estimate of drug-likeness (QED) is 0.554. The number of carbonyl (C=O) groups is 1. The first-order valence-corrected chi connectivity index (χ1v) is 8.97. The SMILES string of the molecule is COCCNC(=O)CN(C)S(=O)(=O)CCC1CCNCC1. The summed E-state index contributed by atoms with van der Waals surface area (Å²) in [5, 5.41) is 5.88. The molecule has 1 heterocycles. The Hall–Kier alpha value is -0.700. The molecule has 1 aliphatic rings. The topological polar surface area (TPSA) is 87.7 Å². The van der Waals surface area contributed by atoms with Crippen molar-refractivity contribution in [2.75, 3.05) is 52.7 Å². The van der Waals surface area contributed by atoms with Crippen LogP contribution in [-0.4, -0.2) is 71.3 Å². The van der Waals surface area contributed by atoms with Crippen molar-refractivity contribution in [1.82, 2.24) is 14.9 Å². The Labute approximate surface area is 127 Å². The van der Waals surface area contributed by atoms with Gasteiger partial charge in [-0.3, -0.25) is 4.79 Å². The van der Waals surface area contributed by atoms with Gasteiger partial charge in [-0.1, -0.05) is 0 Å². The van der Waals surface area contributed by atoms with Gasteiger partial charge >= 0.3 is 0 Å². The van der Waals surface area contributed by atoms with E-state index in [0.717, 1.165) is 30.2 Å². The van der Waals surface area contributed by atoms with Crippen LogP contribution < -0.4 is 10.6 Å². The molecule has 0 aromatic rings. The molecule has 0 atom stereocenters. The monoisotopic (exact) mass is 321 g/mol. The van der Waals surface area contributed by atoms with E-state index in [1.165, 1.54) is 7.05 Å². The molecular formula is C13H27N3O4S. The lowest BCUT2D eigenvalue weighted by atomic mass is 9.96. The number of likely N-dealkylation sites (N-methyl/N-ethyl adjacent to an activating group) is 1. The molecule has 7 nitrogen and oxygen atoms in total. The highest BCUT2D eigenvalue weighted by Crippen LogP contribution is 2.17. The zero-order valence-electron chi connectivity index (χ0n) is 12.9. The Kier molecular flexibility index (Phi) is 8.16. The molecule has 0 aliphatic carbocycles. The fourth-order valence-electron chi connectivity index (χ4n) is 2.29. The number of methoxy groups -OCH3 is 1. The second kappa shape index (κ2) is 9.34. The molecule has 1 aliphatic heterocycles. The molecule has 21 heavy (non-hydrogen) atoms. The van der Waals surface area contributed by atoms with Gasteiger partial charge in [0.05, 0.1) is 18.9 Å². The molecule has 0 aromatic carbocycles. The van der Waals surface area contributed by atoms with Crippen LogP contribution in [0, 0.1) is 5.92 Å². The number of ether oxygens (including phenoxy) is 1. The van der Waals surface area contributed by atoms with Gasteiger partial charge in [0.1, 0.15) is 0 Å². The maximum atomic E-state index is 12.1. The normalized spacial score (nSPS) is 17.1. The molecule has 0 unspecified atom stereocenters. The van der Waals surface area contributed by atoms with Crippen LogP contribution >= 0.6 is 0 Å². The third kappa shape index (κ3) is 7.21. The summed E-state index contributed by atoms with van der Waals surface area (Å²) >= 11 is 0. The number of amides is 1. The molecule has 0 radical (unpaired) electrons. The standard InChI is InChI=1S/C13H27N3O4S/c1-16(11-13(17)15-8-9-20-2)21(18,19)10-5-12-3-6-14-7-4-12/h12,14H,3-11H2,1-2H3,(H,15,17). The number of piperidine rings is 1. The van der Waals surface area contributed by atoms with Crippen LogP contribution in [0.4, 0.5) is 0 Å². The van der Waals surface area contributed by atoms with Crippen LogP contribution in [0.15, 0.2) is 0 Å². The largest absolute Gasteiger partial charge is 0.383 e. The van der Waals surface area contributed by atoms with Gasteiger partial charge in [-0.05, 0) is 38.3 Å². The van der Waals surface area contributed by atoms with Crippen LogP contribution in [0.25, 0.3) is 0 Å². The van der Waals surface area contributed by atoms with E-state index >= 15 is 0 Å². The van der Waals surface area contributed by atoms with Crippen molar-refractivity contribution in [1.29, 1.82) is 0 Å². The molecule has 1 fully saturated rings. The number of hydrogen-bond donors (Lipinski definition) is 2. The summed E-state index contributed by atoms with van der Waals surface area (Å²) in [6.07, 6.45) is 2.72. The first-order chi connectivity index (χ1) is 9.95. The average Bonchev–Trinajstić information content (AvgIpc) is 2.46.